The molecule has 0 aliphatic carbocycles. The van der Waals surface area contributed by atoms with Crippen molar-refractivity contribution in [1.82, 2.24) is 10.2 Å². The number of nitrogens with one attached hydrogen (secondary N) is 1. The SMILES string of the molecule is COc1ccc(N(CC(=O)NCCCN(C)C)S(C)(=O)=O)cc1Cl. The van der Waals surface area contributed by atoms with Crippen molar-refractivity contribution in [1.29, 1.82) is 0 Å². The number of methoxy groups -OCH3 is 1. The summed E-state index contributed by atoms with van der Waals surface area (Å²) in [4.78, 5) is 14.0. The summed E-state index contributed by atoms with van der Waals surface area (Å²) < 4.78 is 30.1. The van der Waals surface area contributed by atoms with Gasteiger partial charge in [-0.25, -0.2) is 8.42 Å². The molecule has 7 nitrogen and oxygen atoms in total. The second-order valence-corrected chi connectivity index (χ2v) is 7.91. The highest BCUT2D eigenvalue weighted by molar-refractivity contribution is 7.92. The van der Waals surface area contributed by atoms with E-state index in [0.29, 0.717) is 18.0 Å². The molecule has 1 N–H and O–H groups in total. The molecule has 0 unspecified atom stereocenters. The van der Waals surface area contributed by atoms with Crippen LogP contribution in [0.1, 0.15) is 6.42 Å². The molecule has 9 heteroatoms. The van der Waals surface area contributed by atoms with Crippen molar-refractivity contribution in [3.63, 3.8) is 0 Å². The molecular weight excluding hydrogens is 354 g/mol. The minimum Gasteiger partial charge on any atom is -0.495 e. The van der Waals surface area contributed by atoms with Crippen LogP contribution in [0.25, 0.3) is 0 Å². The van der Waals surface area contributed by atoms with E-state index in [0.717, 1.165) is 23.5 Å². The average Bonchev–Trinajstić information content (AvgIpc) is 2.48. The van der Waals surface area contributed by atoms with Gasteiger partial charge in [-0.05, 0) is 45.3 Å². The lowest BCUT2D eigenvalue weighted by molar-refractivity contribution is -0.119. The van der Waals surface area contributed by atoms with Gasteiger partial charge in [-0.1, -0.05) is 11.6 Å². The van der Waals surface area contributed by atoms with Gasteiger partial charge in [0.15, 0.2) is 0 Å². The van der Waals surface area contributed by atoms with Gasteiger partial charge >= 0.3 is 0 Å². The Morgan fingerprint density at radius 1 is 1.33 bits per heavy atom. The van der Waals surface area contributed by atoms with Crippen LogP contribution in [0.2, 0.25) is 5.02 Å². The van der Waals surface area contributed by atoms with E-state index in [2.05, 4.69) is 5.32 Å². The molecule has 1 aromatic carbocycles. The van der Waals surface area contributed by atoms with Gasteiger partial charge in [-0.15, -0.1) is 0 Å². The first-order chi connectivity index (χ1) is 11.1. The van der Waals surface area contributed by atoms with Crippen LogP contribution < -0.4 is 14.4 Å². The molecule has 0 radical (unpaired) electrons. The van der Waals surface area contributed by atoms with Gasteiger partial charge in [0.2, 0.25) is 15.9 Å². The van der Waals surface area contributed by atoms with Crippen molar-refractivity contribution in [3.8, 4) is 5.75 Å². The molecule has 0 saturated carbocycles. The molecule has 0 aliphatic rings. The second-order valence-electron chi connectivity index (χ2n) is 5.60. The third-order valence-electron chi connectivity index (χ3n) is 3.22. The predicted octanol–water partition coefficient (Wildman–Crippen LogP) is 1.18. The quantitative estimate of drug-likeness (QED) is 0.654. The lowest BCUT2D eigenvalue weighted by Crippen LogP contribution is -2.41. The van der Waals surface area contributed by atoms with Gasteiger partial charge in [-0.2, -0.15) is 0 Å². The summed E-state index contributed by atoms with van der Waals surface area (Å²) in [5.41, 5.74) is 0.312. The predicted molar refractivity (Wildman–Crippen MR) is 96.4 cm³/mol. The van der Waals surface area contributed by atoms with E-state index < -0.39 is 10.0 Å². The van der Waals surface area contributed by atoms with Gasteiger partial charge in [0.1, 0.15) is 12.3 Å². The molecule has 0 aliphatic heterocycles. The zero-order chi connectivity index (χ0) is 18.3. The number of carbonyl (C=O) groups excluding carboxylic acids is 1. The van der Waals surface area contributed by atoms with Crippen molar-refractivity contribution in [2.45, 2.75) is 6.42 Å². The van der Waals surface area contributed by atoms with E-state index in [4.69, 9.17) is 16.3 Å². The van der Waals surface area contributed by atoms with Crippen LogP contribution >= 0.6 is 11.6 Å². The first-order valence-electron chi connectivity index (χ1n) is 7.38. The van der Waals surface area contributed by atoms with E-state index in [1.807, 2.05) is 19.0 Å². The number of rotatable bonds is 9. The minimum atomic E-state index is -3.63. The number of sulfonamides is 1. The molecule has 0 bridgehead atoms. The Labute approximate surface area is 148 Å². The van der Waals surface area contributed by atoms with Crippen LogP contribution in [0.4, 0.5) is 5.69 Å². The molecule has 0 fully saturated rings. The average molecular weight is 378 g/mol. The molecule has 0 aromatic heterocycles. The summed E-state index contributed by atoms with van der Waals surface area (Å²) in [5, 5.41) is 2.99. The maximum absolute atomic E-state index is 12.0. The number of ether oxygens (including phenoxy) is 1. The smallest absolute Gasteiger partial charge is 0.240 e. The zero-order valence-electron chi connectivity index (χ0n) is 14.4. The lowest BCUT2D eigenvalue weighted by atomic mass is 10.3. The van der Waals surface area contributed by atoms with Crippen LogP contribution in [0.15, 0.2) is 18.2 Å². The van der Waals surface area contributed by atoms with Crippen molar-refractivity contribution in [3.05, 3.63) is 23.2 Å². The summed E-state index contributed by atoms with van der Waals surface area (Å²) in [7, 11) is 1.73. The summed E-state index contributed by atoms with van der Waals surface area (Å²) in [5.74, 6) is 0.0631. The van der Waals surface area contributed by atoms with Gasteiger partial charge in [-0.3, -0.25) is 9.10 Å². The van der Waals surface area contributed by atoms with Crippen molar-refractivity contribution in [2.75, 3.05) is 51.4 Å². The normalized spacial score (nSPS) is 11.4. The molecule has 0 heterocycles. The fourth-order valence-corrected chi connectivity index (χ4v) is 3.12. The third-order valence-corrected chi connectivity index (χ3v) is 4.65. The van der Waals surface area contributed by atoms with Gasteiger partial charge < -0.3 is 15.0 Å². The summed E-state index contributed by atoms with van der Waals surface area (Å²) in [6.45, 7) is 1.02. The van der Waals surface area contributed by atoms with E-state index >= 15 is 0 Å². The maximum Gasteiger partial charge on any atom is 0.240 e. The second kappa shape index (κ2) is 9.10. The van der Waals surface area contributed by atoms with Crippen molar-refractivity contribution >= 4 is 33.2 Å². The van der Waals surface area contributed by atoms with Crippen LogP contribution in [-0.2, 0) is 14.8 Å². The highest BCUT2D eigenvalue weighted by atomic mass is 35.5. The standard InChI is InChI=1S/C15H24ClN3O4S/c1-18(2)9-5-8-17-15(20)11-19(24(4,21)22)12-6-7-14(23-3)13(16)10-12/h6-7,10H,5,8-9,11H2,1-4H3,(H,17,20). The molecule has 1 aromatic rings. The summed E-state index contributed by atoms with van der Waals surface area (Å²) in [6, 6.07) is 4.57. The van der Waals surface area contributed by atoms with Crippen molar-refractivity contribution < 1.29 is 17.9 Å². The Hall–Kier alpha value is -1.51. The third kappa shape index (κ3) is 6.54. The van der Waals surface area contributed by atoms with E-state index in [1.54, 1.807) is 12.1 Å². The highest BCUT2D eigenvalue weighted by Crippen LogP contribution is 2.30. The van der Waals surface area contributed by atoms with Gasteiger partial charge in [0, 0.05) is 6.54 Å². The Morgan fingerprint density at radius 3 is 2.50 bits per heavy atom. The Balaban J connectivity index is 2.80. The van der Waals surface area contributed by atoms with E-state index in [-0.39, 0.29) is 17.5 Å². The van der Waals surface area contributed by atoms with Crippen LogP contribution in [-0.4, -0.2) is 66.3 Å². The number of halogens is 1. The molecule has 1 amide bonds. The number of benzene rings is 1. The number of amides is 1. The van der Waals surface area contributed by atoms with Crippen LogP contribution in [0.3, 0.4) is 0 Å². The Kier molecular flexibility index (Phi) is 7.78. The number of hydrogen-bond acceptors (Lipinski definition) is 5. The topological polar surface area (TPSA) is 79.0 Å². The van der Waals surface area contributed by atoms with E-state index in [1.165, 1.54) is 13.2 Å². The fraction of sp³-hybridized carbons (Fsp3) is 0.533. The monoisotopic (exact) mass is 377 g/mol. The van der Waals surface area contributed by atoms with Crippen LogP contribution in [0.5, 0.6) is 5.75 Å². The molecular formula is C15H24ClN3O4S. The molecule has 1 rings (SSSR count). The number of anilines is 1. The zero-order valence-corrected chi connectivity index (χ0v) is 15.9. The first-order valence-corrected chi connectivity index (χ1v) is 9.60. The Morgan fingerprint density at radius 2 is 2.00 bits per heavy atom. The number of carbonyl (C=O) groups is 1. The van der Waals surface area contributed by atoms with Gasteiger partial charge in [0.25, 0.3) is 0 Å². The van der Waals surface area contributed by atoms with E-state index in [9.17, 15) is 13.2 Å². The van der Waals surface area contributed by atoms with Gasteiger partial charge in [0.05, 0.1) is 24.1 Å². The summed E-state index contributed by atoms with van der Waals surface area (Å²) >= 11 is 6.04. The summed E-state index contributed by atoms with van der Waals surface area (Å²) in [6.07, 6.45) is 1.83. The molecule has 136 valence electrons. The largest absolute Gasteiger partial charge is 0.495 e. The minimum absolute atomic E-state index is 0.273. The highest BCUT2D eigenvalue weighted by Gasteiger charge is 2.21. The maximum atomic E-state index is 12.0. The lowest BCUT2D eigenvalue weighted by Gasteiger charge is -2.22. The van der Waals surface area contributed by atoms with Crippen molar-refractivity contribution in [2.24, 2.45) is 0 Å². The van der Waals surface area contributed by atoms with Crippen LogP contribution in [0, 0.1) is 0 Å². The number of nitrogens with zero attached hydrogens (tertiary/aromatic N) is 2. The number of hydrogen-bond donors (Lipinski definition) is 1. The fourth-order valence-electron chi connectivity index (χ4n) is 2.02. The molecule has 0 atom stereocenters. The molecule has 0 saturated heterocycles. The Bertz CT molecular complexity index is 665. The molecule has 24 heavy (non-hydrogen) atoms. The molecule has 0 spiro atoms. The first kappa shape index (κ1) is 20.5.